The molecule has 26 heavy (non-hydrogen) atoms. The maximum atomic E-state index is 11.2. The van der Waals surface area contributed by atoms with Crippen molar-refractivity contribution < 1.29 is 9.21 Å². The van der Waals surface area contributed by atoms with Crippen molar-refractivity contribution in [1.29, 1.82) is 0 Å². The molecule has 0 aliphatic carbocycles. The molecule has 4 aromatic rings. The Bertz CT molecular complexity index is 1030. The first-order chi connectivity index (χ1) is 12.2. The molecule has 0 bridgehead atoms. The van der Waals surface area contributed by atoms with Crippen LogP contribution in [0.15, 0.2) is 59.6 Å². The Morgan fingerprint density at radius 3 is 2.73 bits per heavy atom. The van der Waals surface area contributed by atoms with Crippen LogP contribution in [-0.4, -0.2) is 25.5 Å². The van der Waals surface area contributed by atoms with Crippen LogP contribution < -0.4 is 11.1 Å². The van der Waals surface area contributed by atoms with Crippen LogP contribution in [0.1, 0.15) is 16.1 Å². The van der Waals surface area contributed by atoms with E-state index in [-0.39, 0.29) is 12.4 Å². The van der Waals surface area contributed by atoms with Crippen LogP contribution in [-0.2, 0) is 6.54 Å². The number of primary amides is 1. The van der Waals surface area contributed by atoms with Gasteiger partial charge in [-0.2, -0.15) is 0 Å². The van der Waals surface area contributed by atoms with Gasteiger partial charge >= 0.3 is 0 Å². The lowest BCUT2D eigenvalue weighted by Crippen LogP contribution is -2.10. The molecule has 3 N–H and O–H groups in total. The topological polar surface area (TPSA) is 111 Å². The number of fused-ring (bicyclic) bond motifs is 1. The zero-order valence-corrected chi connectivity index (χ0v) is 14.3. The minimum absolute atomic E-state index is 0. The summed E-state index contributed by atoms with van der Waals surface area (Å²) in [4.78, 5) is 15.7. The van der Waals surface area contributed by atoms with Gasteiger partial charge < -0.3 is 15.5 Å². The summed E-state index contributed by atoms with van der Waals surface area (Å²) in [5.74, 6) is 0.942. The molecule has 0 radical (unpaired) electrons. The molecule has 8 nitrogen and oxygen atoms in total. The van der Waals surface area contributed by atoms with Crippen LogP contribution in [0.25, 0.3) is 16.8 Å². The highest BCUT2D eigenvalue weighted by molar-refractivity contribution is 5.93. The van der Waals surface area contributed by atoms with Crippen LogP contribution in [0.2, 0.25) is 0 Å². The van der Waals surface area contributed by atoms with Crippen LogP contribution in [0, 0.1) is 0 Å². The zero-order chi connectivity index (χ0) is 17.2. The van der Waals surface area contributed by atoms with Crippen LogP contribution in [0.5, 0.6) is 0 Å². The van der Waals surface area contributed by atoms with Crippen molar-refractivity contribution >= 4 is 29.9 Å². The van der Waals surface area contributed by atoms with Gasteiger partial charge in [0.05, 0.1) is 12.8 Å². The fourth-order valence-corrected chi connectivity index (χ4v) is 2.55. The lowest BCUT2D eigenvalue weighted by atomic mass is 10.1. The molecule has 0 aliphatic rings. The maximum absolute atomic E-state index is 11.2. The van der Waals surface area contributed by atoms with Gasteiger partial charge in [0, 0.05) is 17.3 Å². The van der Waals surface area contributed by atoms with E-state index in [0.29, 0.717) is 23.7 Å². The number of nitrogens with zero attached hydrogens (tertiary/aromatic N) is 4. The van der Waals surface area contributed by atoms with Gasteiger partial charge in [0.25, 0.3) is 0 Å². The van der Waals surface area contributed by atoms with E-state index < -0.39 is 5.91 Å². The number of hydrogen-bond donors (Lipinski definition) is 2. The highest BCUT2D eigenvalue weighted by atomic mass is 35.5. The van der Waals surface area contributed by atoms with Crippen molar-refractivity contribution in [1.82, 2.24) is 19.6 Å². The molecule has 132 valence electrons. The van der Waals surface area contributed by atoms with Crippen molar-refractivity contribution in [2.24, 2.45) is 5.73 Å². The molecule has 0 spiro atoms. The second kappa shape index (κ2) is 7.24. The minimum atomic E-state index is -0.463. The van der Waals surface area contributed by atoms with Gasteiger partial charge in [-0.15, -0.1) is 22.6 Å². The Morgan fingerprint density at radius 2 is 2.04 bits per heavy atom. The van der Waals surface area contributed by atoms with Crippen LogP contribution in [0.4, 0.5) is 5.95 Å². The predicted molar refractivity (Wildman–Crippen MR) is 98.0 cm³/mol. The van der Waals surface area contributed by atoms with E-state index in [2.05, 4.69) is 20.5 Å². The quantitative estimate of drug-likeness (QED) is 0.558. The summed E-state index contributed by atoms with van der Waals surface area (Å²) in [5.41, 5.74) is 8.05. The summed E-state index contributed by atoms with van der Waals surface area (Å²) in [6, 6.07) is 10.7. The largest absolute Gasteiger partial charge is 0.467 e. The molecule has 1 aromatic carbocycles. The van der Waals surface area contributed by atoms with Gasteiger partial charge in [-0.25, -0.2) is 4.98 Å². The molecule has 0 unspecified atom stereocenters. The molecular weight excluding hydrogens is 356 g/mol. The van der Waals surface area contributed by atoms with Gasteiger partial charge in [-0.1, -0.05) is 12.1 Å². The number of carbonyl (C=O) groups is 1. The summed E-state index contributed by atoms with van der Waals surface area (Å²) >= 11 is 0. The molecule has 3 heterocycles. The average Bonchev–Trinajstić information content (AvgIpc) is 3.31. The fraction of sp³-hybridized carbons (Fsp3) is 0.0588. The van der Waals surface area contributed by atoms with E-state index in [0.717, 1.165) is 16.9 Å². The van der Waals surface area contributed by atoms with Crippen LogP contribution >= 0.6 is 12.4 Å². The third-order valence-electron chi connectivity index (χ3n) is 3.81. The zero-order valence-electron chi connectivity index (χ0n) is 13.5. The number of furan rings is 1. The minimum Gasteiger partial charge on any atom is -0.467 e. The molecule has 0 atom stereocenters. The number of amides is 1. The first kappa shape index (κ1) is 17.4. The van der Waals surface area contributed by atoms with Gasteiger partial charge in [0.15, 0.2) is 5.65 Å². The molecule has 0 saturated heterocycles. The van der Waals surface area contributed by atoms with Gasteiger partial charge in [0.2, 0.25) is 11.9 Å². The average molecular weight is 371 g/mol. The third-order valence-corrected chi connectivity index (χ3v) is 3.81. The number of halogens is 1. The van der Waals surface area contributed by atoms with Crippen molar-refractivity contribution in [3.8, 4) is 11.1 Å². The number of nitrogens with two attached hydrogens (primary N) is 1. The molecule has 0 fully saturated rings. The first-order valence-electron chi connectivity index (χ1n) is 7.57. The molecule has 3 aromatic heterocycles. The Morgan fingerprint density at radius 1 is 1.23 bits per heavy atom. The van der Waals surface area contributed by atoms with E-state index >= 15 is 0 Å². The monoisotopic (exact) mass is 370 g/mol. The van der Waals surface area contributed by atoms with E-state index in [1.807, 2.05) is 24.3 Å². The van der Waals surface area contributed by atoms with Crippen LogP contribution in [0.3, 0.4) is 0 Å². The molecule has 9 heteroatoms. The molecule has 0 aliphatic heterocycles. The lowest BCUT2D eigenvalue weighted by Gasteiger charge is -2.09. The van der Waals surface area contributed by atoms with Gasteiger partial charge in [0.1, 0.15) is 12.1 Å². The standard InChI is InChI=1S/C17H14N6O2.ClH/c18-15(24)12-5-3-11(4-6-12)14-9-20-17(23-10-21-22-16(14)23)19-8-13-2-1-7-25-13;/h1-7,9-10H,8H2,(H2,18,24)(H,19,20);1H. The molecule has 1 amide bonds. The number of anilines is 1. The highest BCUT2D eigenvalue weighted by Gasteiger charge is 2.12. The number of carbonyl (C=O) groups excluding carboxylic acids is 1. The number of nitrogens with one attached hydrogen (secondary N) is 1. The smallest absolute Gasteiger partial charge is 0.248 e. The van der Waals surface area contributed by atoms with E-state index in [1.54, 1.807) is 35.3 Å². The lowest BCUT2D eigenvalue weighted by molar-refractivity contribution is 0.100. The molecule has 4 rings (SSSR count). The SMILES string of the molecule is Cl.NC(=O)c1ccc(-c2cnc(NCc3ccco3)n3cnnc23)cc1. The number of rotatable bonds is 5. The number of benzene rings is 1. The maximum Gasteiger partial charge on any atom is 0.248 e. The van der Waals surface area contributed by atoms with Crippen molar-refractivity contribution in [2.75, 3.05) is 5.32 Å². The summed E-state index contributed by atoms with van der Waals surface area (Å²) < 4.78 is 7.07. The Kier molecular flexibility index (Phi) is 4.85. The Balaban J connectivity index is 0.00000196. The summed E-state index contributed by atoms with van der Waals surface area (Å²) in [5, 5.41) is 11.3. The summed E-state index contributed by atoms with van der Waals surface area (Å²) in [7, 11) is 0. The second-order valence-corrected chi connectivity index (χ2v) is 5.39. The normalized spacial score (nSPS) is 10.5. The Hall–Kier alpha value is -3.39. The predicted octanol–water partition coefficient (Wildman–Crippen LogP) is 2.52. The van der Waals surface area contributed by atoms with Crippen molar-refractivity contribution in [3.05, 3.63) is 66.5 Å². The summed E-state index contributed by atoms with van der Waals surface area (Å²) in [6.45, 7) is 0.500. The van der Waals surface area contributed by atoms with Gasteiger partial charge in [-0.05, 0) is 29.8 Å². The van der Waals surface area contributed by atoms with Gasteiger partial charge in [-0.3, -0.25) is 9.20 Å². The van der Waals surface area contributed by atoms with E-state index in [1.165, 1.54) is 0 Å². The third kappa shape index (κ3) is 3.22. The fourth-order valence-electron chi connectivity index (χ4n) is 2.55. The Labute approximate surface area is 154 Å². The highest BCUT2D eigenvalue weighted by Crippen LogP contribution is 2.25. The van der Waals surface area contributed by atoms with E-state index in [9.17, 15) is 4.79 Å². The number of hydrogen-bond acceptors (Lipinski definition) is 6. The van der Waals surface area contributed by atoms with Crippen molar-refractivity contribution in [3.63, 3.8) is 0 Å². The van der Waals surface area contributed by atoms with E-state index in [4.69, 9.17) is 10.2 Å². The molecule has 0 saturated carbocycles. The first-order valence-corrected chi connectivity index (χ1v) is 7.57. The summed E-state index contributed by atoms with van der Waals surface area (Å²) in [6.07, 6.45) is 4.93. The second-order valence-electron chi connectivity index (χ2n) is 5.39. The molecular formula is C17H15ClN6O2. The number of aromatic nitrogens is 4. The van der Waals surface area contributed by atoms with Crippen molar-refractivity contribution in [2.45, 2.75) is 6.54 Å².